The Labute approximate surface area is 81.7 Å². The summed E-state index contributed by atoms with van der Waals surface area (Å²) < 4.78 is 5.21. The van der Waals surface area contributed by atoms with Crippen molar-refractivity contribution in [1.82, 2.24) is 0 Å². The Morgan fingerprint density at radius 3 is 2.46 bits per heavy atom. The van der Waals surface area contributed by atoms with E-state index < -0.39 is 0 Å². The van der Waals surface area contributed by atoms with Crippen molar-refractivity contribution in [2.24, 2.45) is 0 Å². The molecule has 0 rings (SSSR count). The maximum absolute atomic E-state index is 11.2. The van der Waals surface area contributed by atoms with Crippen LogP contribution in [0.15, 0.2) is 0 Å². The molecule has 0 aliphatic heterocycles. The Morgan fingerprint density at radius 2 is 1.92 bits per heavy atom. The lowest BCUT2D eigenvalue weighted by Gasteiger charge is -2.05. The van der Waals surface area contributed by atoms with Gasteiger partial charge in [-0.1, -0.05) is 26.2 Å². The van der Waals surface area contributed by atoms with Crippen LogP contribution in [0.2, 0.25) is 0 Å². The van der Waals surface area contributed by atoms with Crippen molar-refractivity contribution < 1.29 is 9.53 Å². The highest BCUT2D eigenvalue weighted by atomic mass is 16.5. The van der Waals surface area contributed by atoms with E-state index in [9.17, 15) is 4.79 Å². The minimum absolute atomic E-state index is 0.166. The zero-order valence-corrected chi connectivity index (χ0v) is 9.14. The molecule has 0 radical (unpaired) electrons. The first kappa shape index (κ1) is 12.6. The van der Waals surface area contributed by atoms with E-state index >= 15 is 0 Å². The molecule has 0 saturated heterocycles. The van der Waals surface area contributed by atoms with E-state index in [2.05, 4.69) is 6.92 Å². The molecule has 0 aliphatic carbocycles. The van der Waals surface area contributed by atoms with Gasteiger partial charge in [0.15, 0.2) is 5.78 Å². The van der Waals surface area contributed by atoms with Crippen LogP contribution in [-0.4, -0.2) is 18.5 Å². The standard InChI is InChI=1S/C11H22O2/c1-4-5-6-7-8-11(12)9-13-10(2)3/h10H,4-9H2,1-3H3. The lowest BCUT2D eigenvalue weighted by molar-refractivity contribution is -0.125. The van der Waals surface area contributed by atoms with Crippen LogP contribution in [0, 0.1) is 0 Å². The van der Waals surface area contributed by atoms with E-state index in [1.807, 2.05) is 13.8 Å². The van der Waals surface area contributed by atoms with Gasteiger partial charge < -0.3 is 4.74 Å². The van der Waals surface area contributed by atoms with Gasteiger partial charge in [-0.2, -0.15) is 0 Å². The van der Waals surface area contributed by atoms with Crippen molar-refractivity contribution in [3.05, 3.63) is 0 Å². The van der Waals surface area contributed by atoms with Crippen LogP contribution in [0.1, 0.15) is 52.9 Å². The van der Waals surface area contributed by atoms with Crippen molar-refractivity contribution >= 4 is 5.78 Å². The van der Waals surface area contributed by atoms with Crippen LogP contribution in [0.3, 0.4) is 0 Å². The van der Waals surface area contributed by atoms with Gasteiger partial charge in [0, 0.05) is 6.42 Å². The molecule has 78 valence electrons. The summed E-state index contributed by atoms with van der Waals surface area (Å²) >= 11 is 0. The summed E-state index contributed by atoms with van der Waals surface area (Å²) in [4.78, 5) is 11.2. The largest absolute Gasteiger partial charge is 0.371 e. The fourth-order valence-corrected chi connectivity index (χ4v) is 1.08. The van der Waals surface area contributed by atoms with Crippen molar-refractivity contribution in [1.29, 1.82) is 0 Å². The number of rotatable bonds is 8. The molecular formula is C11H22O2. The summed E-state index contributed by atoms with van der Waals surface area (Å²) in [5.74, 6) is 0.241. The molecule has 0 unspecified atom stereocenters. The van der Waals surface area contributed by atoms with E-state index in [1.54, 1.807) is 0 Å². The number of carbonyl (C=O) groups excluding carboxylic acids is 1. The van der Waals surface area contributed by atoms with Gasteiger partial charge in [-0.15, -0.1) is 0 Å². The second kappa shape index (κ2) is 8.24. The van der Waals surface area contributed by atoms with E-state index in [4.69, 9.17) is 4.74 Å². The average molecular weight is 186 g/mol. The minimum Gasteiger partial charge on any atom is -0.371 e. The van der Waals surface area contributed by atoms with Gasteiger partial charge in [0.05, 0.1) is 6.10 Å². The third-order valence-electron chi connectivity index (χ3n) is 1.89. The molecule has 0 bridgehead atoms. The molecule has 0 aromatic heterocycles. The van der Waals surface area contributed by atoms with Crippen LogP contribution >= 0.6 is 0 Å². The molecule has 2 heteroatoms. The van der Waals surface area contributed by atoms with Gasteiger partial charge in [0.1, 0.15) is 6.61 Å². The van der Waals surface area contributed by atoms with Crippen LogP contribution in [0.25, 0.3) is 0 Å². The molecule has 0 amide bonds. The first-order chi connectivity index (χ1) is 6.16. The van der Waals surface area contributed by atoms with Gasteiger partial charge in [0.2, 0.25) is 0 Å². The summed E-state index contributed by atoms with van der Waals surface area (Å²) in [6, 6.07) is 0. The SMILES string of the molecule is CCCCCCC(=O)COC(C)C. The van der Waals surface area contributed by atoms with Gasteiger partial charge in [-0.05, 0) is 20.3 Å². The monoisotopic (exact) mass is 186 g/mol. The van der Waals surface area contributed by atoms with Crippen molar-refractivity contribution in [3.8, 4) is 0 Å². The first-order valence-electron chi connectivity index (χ1n) is 5.30. The van der Waals surface area contributed by atoms with Crippen LogP contribution in [0.4, 0.5) is 0 Å². The second-order valence-electron chi connectivity index (χ2n) is 3.71. The maximum atomic E-state index is 11.2. The number of hydrogen-bond acceptors (Lipinski definition) is 2. The topological polar surface area (TPSA) is 26.3 Å². The fraction of sp³-hybridized carbons (Fsp3) is 0.909. The molecule has 0 aromatic rings. The van der Waals surface area contributed by atoms with Crippen molar-refractivity contribution in [3.63, 3.8) is 0 Å². The summed E-state index contributed by atoms with van der Waals surface area (Å²) in [6.07, 6.45) is 5.50. The Morgan fingerprint density at radius 1 is 1.23 bits per heavy atom. The summed E-state index contributed by atoms with van der Waals surface area (Å²) in [5.41, 5.74) is 0. The Kier molecular flexibility index (Phi) is 8.00. The Bertz CT molecular complexity index is 130. The molecule has 0 fully saturated rings. The molecule has 0 N–H and O–H groups in total. The van der Waals surface area contributed by atoms with E-state index in [0.717, 1.165) is 6.42 Å². The van der Waals surface area contributed by atoms with Crippen molar-refractivity contribution in [2.45, 2.75) is 59.0 Å². The van der Waals surface area contributed by atoms with Crippen LogP contribution in [-0.2, 0) is 9.53 Å². The lowest BCUT2D eigenvalue weighted by Crippen LogP contribution is -2.12. The molecule has 2 nitrogen and oxygen atoms in total. The lowest BCUT2D eigenvalue weighted by atomic mass is 10.1. The third-order valence-corrected chi connectivity index (χ3v) is 1.89. The zero-order chi connectivity index (χ0) is 10.1. The average Bonchev–Trinajstić information content (AvgIpc) is 2.09. The third kappa shape index (κ3) is 9.54. The summed E-state index contributed by atoms with van der Waals surface area (Å²) in [7, 11) is 0. The molecule has 0 saturated carbocycles. The summed E-state index contributed by atoms with van der Waals surface area (Å²) in [5, 5.41) is 0. The molecule has 13 heavy (non-hydrogen) atoms. The van der Waals surface area contributed by atoms with Gasteiger partial charge >= 0.3 is 0 Å². The van der Waals surface area contributed by atoms with Gasteiger partial charge in [-0.3, -0.25) is 4.79 Å². The number of hydrogen-bond donors (Lipinski definition) is 0. The fourth-order valence-electron chi connectivity index (χ4n) is 1.08. The van der Waals surface area contributed by atoms with E-state index in [-0.39, 0.29) is 11.9 Å². The number of carbonyl (C=O) groups is 1. The van der Waals surface area contributed by atoms with Gasteiger partial charge in [-0.25, -0.2) is 0 Å². The molecule has 0 aliphatic rings. The zero-order valence-electron chi connectivity index (χ0n) is 9.14. The quantitative estimate of drug-likeness (QED) is 0.545. The van der Waals surface area contributed by atoms with E-state index in [0.29, 0.717) is 13.0 Å². The first-order valence-corrected chi connectivity index (χ1v) is 5.30. The Balaban J connectivity index is 3.20. The molecular weight excluding hydrogens is 164 g/mol. The predicted octanol–water partition coefficient (Wildman–Crippen LogP) is 2.95. The smallest absolute Gasteiger partial charge is 0.158 e. The molecule has 0 spiro atoms. The number of ketones is 1. The maximum Gasteiger partial charge on any atom is 0.158 e. The number of ether oxygens (including phenoxy) is 1. The van der Waals surface area contributed by atoms with Gasteiger partial charge in [0.25, 0.3) is 0 Å². The minimum atomic E-state index is 0.166. The highest BCUT2D eigenvalue weighted by Gasteiger charge is 2.02. The van der Waals surface area contributed by atoms with Crippen LogP contribution < -0.4 is 0 Å². The molecule has 0 heterocycles. The highest BCUT2D eigenvalue weighted by molar-refractivity contribution is 5.79. The number of Topliss-reactive ketones (excluding diaryl/α,β-unsaturated/α-hetero) is 1. The number of unbranched alkanes of at least 4 members (excludes halogenated alkanes) is 3. The highest BCUT2D eigenvalue weighted by Crippen LogP contribution is 2.03. The summed E-state index contributed by atoms with van der Waals surface area (Å²) in [6.45, 7) is 6.36. The van der Waals surface area contributed by atoms with Crippen molar-refractivity contribution in [2.75, 3.05) is 6.61 Å². The predicted molar refractivity (Wildman–Crippen MR) is 54.9 cm³/mol. The second-order valence-corrected chi connectivity index (χ2v) is 3.71. The molecule has 0 aromatic carbocycles. The normalized spacial score (nSPS) is 10.8. The van der Waals surface area contributed by atoms with E-state index in [1.165, 1.54) is 19.3 Å². The Hall–Kier alpha value is -0.370. The molecule has 0 atom stereocenters. The van der Waals surface area contributed by atoms with Crippen LogP contribution in [0.5, 0.6) is 0 Å².